The van der Waals surface area contributed by atoms with Gasteiger partial charge in [0.1, 0.15) is 5.92 Å². The molecule has 1 aromatic heterocycles. The minimum Gasteiger partial charge on any atom is -0.409 e. The van der Waals surface area contributed by atoms with E-state index in [4.69, 9.17) is 10.9 Å². The number of hydrogen-bond acceptors (Lipinski definition) is 4. The molecule has 0 bridgehead atoms. The largest absolute Gasteiger partial charge is 0.409 e. The Kier molecular flexibility index (Phi) is 4.70. The molecule has 1 aromatic rings. The topological polar surface area (TPSA) is 106 Å². The molecule has 100 valence electrons. The van der Waals surface area contributed by atoms with Gasteiger partial charge in [-0.25, -0.2) is 0 Å². The SMILES string of the molecule is CC(C)C(C(=O)NCc1ccnn1C)/C(N)=N/O. The summed E-state index contributed by atoms with van der Waals surface area (Å²) in [7, 11) is 1.80. The molecule has 0 aliphatic heterocycles. The Morgan fingerprint density at radius 2 is 2.33 bits per heavy atom. The van der Waals surface area contributed by atoms with Crippen LogP contribution in [-0.2, 0) is 18.4 Å². The number of aryl methyl sites for hydroxylation is 1. The number of amidine groups is 1. The van der Waals surface area contributed by atoms with Gasteiger partial charge in [0.15, 0.2) is 5.84 Å². The van der Waals surface area contributed by atoms with Crippen molar-refractivity contribution in [2.24, 2.45) is 29.8 Å². The van der Waals surface area contributed by atoms with Crippen molar-refractivity contribution in [2.45, 2.75) is 20.4 Å². The van der Waals surface area contributed by atoms with Gasteiger partial charge >= 0.3 is 0 Å². The molecular weight excluding hydrogens is 234 g/mol. The van der Waals surface area contributed by atoms with Crippen LogP contribution in [0.4, 0.5) is 0 Å². The molecule has 0 aliphatic carbocycles. The zero-order chi connectivity index (χ0) is 13.7. The predicted molar refractivity (Wildman–Crippen MR) is 66.8 cm³/mol. The molecule has 0 aromatic carbocycles. The second-order valence-corrected chi connectivity index (χ2v) is 4.41. The number of carbonyl (C=O) groups excluding carboxylic acids is 1. The molecule has 1 amide bonds. The van der Waals surface area contributed by atoms with Gasteiger partial charge in [0.25, 0.3) is 0 Å². The van der Waals surface area contributed by atoms with E-state index in [2.05, 4.69) is 15.6 Å². The second-order valence-electron chi connectivity index (χ2n) is 4.41. The number of rotatable bonds is 5. The normalized spacial score (nSPS) is 13.7. The monoisotopic (exact) mass is 253 g/mol. The van der Waals surface area contributed by atoms with E-state index in [1.165, 1.54) is 0 Å². The molecule has 7 nitrogen and oxygen atoms in total. The molecule has 0 saturated heterocycles. The van der Waals surface area contributed by atoms with E-state index in [1.54, 1.807) is 17.9 Å². The summed E-state index contributed by atoms with van der Waals surface area (Å²) in [6.45, 7) is 4.04. The highest BCUT2D eigenvalue weighted by atomic mass is 16.4. The summed E-state index contributed by atoms with van der Waals surface area (Å²) in [5, 5.41) is 18.3. The van der Waals surface area contributed by atoms with E-state index in [0.717, 1.165) is 5.69 Å². The molecule has 4 N–H and O–H groups in total. The zero-order valence-corrected chi connectivity index (χ0v) is 10.8. The molecule has 1 atom stereocenters. The molecule has 7 heteroatoms. The summed E-state index contributed by atoms with van der Waals surface area (Å²) in [6, 6.07) is 1.81. The fourth-order valence-corrected chi connectivity index (χ4v) is 1.70. The first-order valence-electron chi connectivity index (χ1n) is 5.69. The highest BCUT2D eigenvalue weighted by Gasteiger charge is 2.26. The molecule has 18 heavy (non-hydrogen) atoms. The van der Waals surface area contributed by atoms with Gasteiger partial charge in [0.2, 0.25) is 5.91 Å². The van der Waals surface area contributed by atoms with Crippen LogP contribution in [-0.4, -0.2) is 26.7 Å². The van der Waals surface area contributed by atoms with Crippen molar-refractivity contribution in [3.05, 3.63) is 18.0 Å². The number of nitrogens with one attached hydrogen (secondary N) is 1. The number of oxime groups is 1. The van der Waals surface area contributed by atoms with Gasteiger partial charge < -0.3 is 16.3 Å². The number of hydrogen-bond donors (Lipinski definition) is 3. The third-order valence-electron chi connectivity index (χ3n) is 2.75. The van der Waals surface area contributed by atoms with Crippen molar-refractivity contribution in [2.75, 3.05) is 0 Å². The van der Waals surface area contributed by atoms with Crippen molar-refractivity contribution in [1.29, 1.82) is 0 Å². The number of aromatic nitrogens is 2. The molecule has 0 aliphatic rings. The van der Waals surface area contributed by atoms with Crippen molar-refractivity contribution in [1.82, 2.24) is 15.1 Å². The molecule has 0 radical (unpaired) electrons. The van der Waals surface area contributed by atoms with Gasteiger partial charge in [-0.15, -0.1) is 0 Å². The van der Waals surface area contributed by atoms with Gasteiger partial charge in [-0.1, -0.05) is 19.0 Å². The quantitative estimate of drug-likeness (QED) is 0.298. The summed E-state index contributed by atoms with van der Waals surface area (Å²) >= 11 is 0. The Morgan fingerprint density at radius 3 is 2.78 bits per heavy atom. The highest BCUT2D eigenvalue weighted by molar-refractivity contribution is 6.02. The van der Waals surface area contributed by atoms with E-state index < -0.39 is 5.92 Å². The average Bonchev–Trinajstić information content (AvgIpc) is 2.71. The van der Waals surface area contributed by atoms with Gasteiger partial charge in [0.05, 0.1) is 12.2 Å². The summed E-state index contributed by atoms with van der Waals surface area (Å²) in [5.41, 5.74) is 6.40. The molecule has 1 rings (SSSR count). The van der Waals surface area contributed by atoms with Crippen LogP contribution >= 0.6 is 0 Å². The van der Waals surface area contributed by atoms with Gasteiger partial charge in [-0.05, 0) is 12.0 Å². The molecule has 1 unspecified atom stereocenters. The third kappa shape index (κ3) is 3.22. The lowest BCUT2D eigenvalue weighted by molar-refractivity contribution is -0.124. The number of nitrogens with zero attached hydrogens (tertiary/aromatic N) is 3. The summed E-state index contributed by atoms with van der Waals surface area (Å²) in [6.07, 6.45) is 1.66. The first-order valence-corrected chi connectivity index (χ1v) is 5.69. The molecule has 0 spiro atoms. The van der Waals surface area contributed by atoms with Crippen molar-refractivity contribution >= 4 is 11.7 Å². The molecule has 0 saturated carbocycles. The van der Waals surface area contributed by atoms with Crippen LogP contribution in [0.25, 0.3) is 0 Å². The molecule has 0 fully saturated rings. The molecule has 1 heterocycles. The zero-order valence-electron chi connectivity index (χ0n) is 10.8. The summed E-state index contributed by atoms with van der Waals surface area (Å²) in [4.78, 5) is 12.0. The Labute approximate surface area is 106 Å². The maximum Gasteiger partial charge on any atom is 0.231 e. The van der Waals surface area contributed by atoms with Gasteiger partial charge in [-0.3, -0.25) is 9.48 Å². The summed E-state index contributed by atoms with van der Waals surface area (Å²) in [5.74, 6) is -1.02. The standard InChI is InChI=1S/C11H19N5O2/c1-7(2)9(10(12)15-18)11(17)13-6-8-4-5-14-16(8)3/h4-5,7,9,18H,6H2,1-3H3,(H2,12,15)(H,13,17). The van der Waals surface area contributed by atoms with Crippen LogP contribution in [0, 0.1) is 11.8 Å². The van der Waals surface area contributed by atoms with Gasteiger partial charge in [0, 0.05) is 13.2 Å². The van der Waals surface area contributed by atoms with Crippen molar-refractivity contribution in [3.8, 4) is 0 Å². The van der Waals surface area contributed by atoms with E-state index in [9.17, 15) is 4.79 Å². The summed E-state index contributed by atoms with van der Waals surface area (Å²) < 4.78 is 1.67. The van der Waals surface area contributed by atoms with Crippen molar-refractivity contribution < 1.29 is 10.0 Å². The first kappa shape index (κ1) is 14.0. The lowest BCUT2D eigenvalue weighted by Gasteiger charge is -2.18. The number of nitrogens with two attached hydrogens (primary N) is 1. The van der Waals surface area contributed by atoms with Gasteiger partial charge in [-0.2, -0.15) is 5.10 Å². The first-order chi connectivity index (χ1) is 8.47. The Hall–Kier alpha value is -2.05. The Balaban J connectivity index is 2.66. The van der Waals surface area contributed by atoms with Crippen LogP contribution in [0.15, 0.2) is 17.4 Å². The minimum atomic E-state index is -0.636. The van der Waals surface area contributed by atoms with Crippen LogP contribution in [0.1, 0.15) is 19.5 Å². The van der Waals surface area contributed by atoms with Crippen LogP contribution < -0.4 is 11.1 Å². The second kappa shape index (κ2) is 6.04. The predicted octanol–water partition coefficient (Wildman–Crippen LogP) is 0.0549. The van der Waals surface area contributed by atoms with E-state index >= 15 is 0 Å². The number of amides is 1. The maximum atomic E-state index is 12.0. The Morgan fingerprint density at radius 1 is 1.67 bits per heavy atom. The fraction of sp³-hybridized carbons (Fsp3) is 0.545. The smallest absolute Gasteiger partial charge is 0.231 e. The van der Waals surface area contributed by atoms with E-state index in [0.29, 0.717) is 6.54 Å². The van der Waals surface area contributed by atoms with Crippen LogP contribution in [0.2, 0.25) is 0 Å². The lowest BCUT2D eigenvalue weighted by atomic mass is 9.94. The molecular formula is C11H19N5O2. The number of carbonyl (C=O) groups is 1. The fourth-order valence-electron chi connectivity index (χ4n) is 1.70. The van der Waals surface area contributed by atoms with Crippen LogP contribution in [0.3, 0.4) is 0 Å². The minimum absolute atomic E-state index is 0.0487. The maximum absolute atomic E-state index is 12.0. The van der Waals surface area contributed by atoms with Crippen LogP contribution in [0.5, 0.6) is 0 Å². The van der Waals surface area contributed by atoms with E-state index in [1.807, 2.05) is 19.9 Å². The average molecular weight is 253 g/mol. The highest BCUT2D eigenvalue weighted by Crippen LogP contribution is 2.11. The lowest BCUT2D eigenvalue weighted by Crippen LogP contribution is -2.41. The Bertz CT molecular complexity index is 438. The van der Waals surface area contributed by atoms with Crippen molar-refractivity contribution in [3.63, 3.8) is 0 Å². The van der Waals surface area contributed by atoms with E-state index in [-0.39, 0.29) is 17.7 Å². The third-order valence-corrected chi connectivity index (χ3v) is 2.75.